The quantitative estimate of drug-likeness (QED) is 0.416. The predicted molar refractivity (Wildman–Crippen MR) is 105 cm³/mol. The van der Waals surface area contributed by atoms with Gasteiger partial charge in [-0.3, -0.25) is 4.79 Å². The molecule has 3 aromatic rings. The van der Waals surface area contributed by atoms with Crippen molar-refractivity contribution in [1.29, 1.82) is 0 Å². The molecule has 0 N–H and O–H groups in total. The van der Waals surface area contributed by atoms with Crippen molar-refractivity contribution in [3.8, 4) is 0 Å². The van der Waals surface area contributed by atoms with Crippen LogP contribution in [0, 0.1) is 0 Å². The van der Waals surface area contributed by atoms with Crippen molar-refractivity contribution >= 4 is 29.0 Å². The Morgan fingerprint density at radius 2 is 1.88 bits per heavy atom. The molecule has 5 heteroatoms. The summed E-state index contributed by atoms with van der Waals surface area (Å²) in [5.41, 5.74) is 0.747. The lowest BCUT2D eigenvalue weighted by Gasteiger charge is -2.22. The average molecular weight is 369 g/mol. The molecule has 2 aromatic heterocycles. The maximum Gasteiger partial charge on any atom is 0.254 e. The summed E-state index contributed by atoms with van der Waals surface area (Å²) in [6, 6.07) is 19.6. The number of pyridine rings is 1. The first-order valence-electron chi connectivity index (χ1n) is 8.23. The number of amides is 1. The van der Waals surface area contributed by atoms with Crippen molar-refractivity contribution in [2.45, 2.75) is 18.0 Å². The lowest BCUT2D eigenvalue weighted by atomic mass is 10.2. The monoisotopic (exact) mass is 368 g/mol. The normalized spacial score (nSPS) is 10.6. The largest absolute Gasteiger partial charge is 0.333 e. The van der Waals surface area contributed by atoms with Gasteiger partial charge in [0.1, 0.15) is 0 Å². The highest BCUT2D eigenvalue weighted by molar-refractivity contribution is 7.99. The molecule has 0 radical (unpaired) electrons. The van der Waals surface area contributed by atoms with Gasteiger partial charge < -0.3 is 4.90 Å². The van der Waals surface area contributed by atoms with Crippen LogP contribution in [-0.4, -0.2) is 28.1 Å². The fourth-order valence-electron chi connectivity index (χ4n) is 2.47. The Labute approximate surface area is 156 Å². The van der Waals surface area contributed by atoms with Gasteiger partial charge >= 0.3 is 0 Å². The second kappa shape index (κ2) is 9.39. The molecule has 25 heavy (non-hydrogen) atoms. The average Bonchev–Trinajstić information content (AvgIpc) is 3.18. The van der Waals surface area contributed by atoms with Crippen molar-refractivity contribution in [2.24, 2.45) is 0 Å². The number of nitrogens with zero attached hydrogens (tertiary/aromatic N) is 2. The van der Waals surface area contributed by atoms with Crippen molar-refractivity contribution in [3.63, 3.8) is 0 Å². The minimum atomic E-state index is 0.0943. The second-order valence-corrected chi connectivity index (χ2v) is 7.69. The third-order valence-electron chi connectivity index (χ3n) is 3.69. The summed E-state index contributed by atoms with van der Waals surface area (Å²) in [6.07, 6.45) is 2.75. The van der Waals surface area contributed by atoms with Crippen molar-refractivity contribution in [2.75, 3.05) is 12.3 Å². The second-order valence-electron chi connectivity index (χ2n) is 5.54. The van der Waals surface area contributed by atoms with Crippen molar-refractivity contribution < 1.29 is 4.79 Å². The van der Waals surface area contributed by atoms with Gasteiger partial charge in [-0.2, -0.15) is 0 Å². The molecule has 0 aliphatic rings. The van der Waals surface area contributed by atoms with Gasteiger partial charge in [-0.25, -0.2) is 4.98 Å². The fourth-order valence-corrected chi connectivity index (χ4v) is 3.98. The van der Waals surface area contributed by atoms with E-state index in [1.54, 1.807) is 23.1 Å². The first-order chi connectivity index (χ1) is 12.3. The molecule has 0 fully saturated rings. The highest BCUT2D eigenvalue weighted by Gasteiger charge is 2.16. The van der Waals surface area contributed by atoms with E-state index in [1.807, 2.05) is 65.7 Å². The Morgan fingerprint density at radius 1 is 1.04 bits per heavy atom. The molecular formula is C20H20N2OS2. The molecule has 0 atom stereocenters. The molecule has 3 rings (SSSR count). The van der Waals surface area contributed by atoms with Crippen LogP contribution >= 0.6 is 23.1 Å². The molecule has 0 spiro atoms. The maximum atomic E-state index is 12.8. The number of carbonyl (C=O) groups excluding carboxylic acids is 1. The number of rotatable bonds is 8. The summed E-state index contributed by atoms with van der Waals surface area (Å²) in [5, 5.41) is 3.08. The maximum absolute atomic E-state index is 12.8. The highest BCUT2D eigenvalue weighted by atomic mass is 32.2. The molecule has 0 unspecified atom stereocenters. The van der Waals surface area contributed by atoms with Gasteiger partial charge in [0.25, 0.3) is 5.91 Å². The SMILES string of the molecule is O=C(c1ccccc1)N(CCCSc1ccccn1)Cc1cccs1. The van der Waals surface area contributed by atoms with Gasteiger partial charge in [-0.1, -0.05) is 30.3 Å². The minimum absolute atomic E-state index is 0.0943. The van der Waals surface area contributed by atoms with E-state index in [4.69, 9.17) is 0 Å². The third kappa shape index (κ3) is 5.44. The van der Waals surface area contributed by atoms with E-state index in [1.165, 1.54) is 4.88 Å². The van der Waals surface area contributed by atoms with Crippen LogP contribution in [0.1, 0.15) is 21.7 Å². The number of carbonyl (C=O) groups is 1. The van der Waals surface area contributed by atoms with Crippen LogP contribution < -0.4 is 0 Å². The minimum Gasteiger partial charge on any atom is -0.333 e. The van der Waals surface area contributed by atoms with Crippen LogP contribution in [-0.2, 0) is 6.54 Å². The van der Waals surface area contributed by atoms with E-state index < -0.39 is 0 Å². The molecule has 0 saturated carbocycles. The molecule has 0 aliphatic carbocycles. The van der Waals surface area contributed by atoms with E-state index in [2.05, 4.69) is 16.4 Å². The smallest absolute Gasteiger partial charge is 0.254 e. The Hall–Kier alpha value is -2.11. The van der Waals surface area contributed by atoms with Gasteiger partial charge in [-0.15, -0.1) is 23.1 Å². The number of hydrogen-bond donors (Lipinski definition) is 0. The zero-order valence-corrected chi connectivity index (χ0v) is 15.5. The first-order valence-corrected chi connectivity index (χ1v) is 10.1. The van der Waals surface area contributed by atoms with Gasteiger partial charge in [0.15, 0.2) is 0 Å². The van der Waals surface area contributed by atoms with E-state index in [-0.39, 0.29) is 5.91 Å². The number of aromatic nitrogens is 1. The lowest BCUT2D eigenvalue weighted by molar-refractivity contribution is 0.0745. The summed E-state index contributed by atoms with van der Waals surface area (Å²) >= 11 is 3.42. The van der Waals surface area contributed by atoms with Crippen LogP contribution in [0.25, 0.3) is 0 Å². The molecule has 3 nitrogen and oxygen atoms in total. The number of thiophene rings is 1. The van der Waals surface area contributed by atoms with Gasteiger partial charge in [-0.05, 0) is 42.1 Å². The van der Waals surface area contributed by atoms with Crippen molar-refractivity contribution in [1.82, 2.24) is 9.88 Å². The van der Waals surface area contributed by atoms with Crippen LogP contribution in [0.2, 0.25) is 0 Å². The molecule has 2 heterocycles. The Bertz CT molecular complexity index is 761. The van der Waals surface area contributed by atoms with E-state index in [0.717, 1.165) is 29.3 Å². The lowest BCUT2D eigenvalue weighted by Crippen LogP contribution is -2.31. The van der Waals surface area contributed by atoms with Gasteiger partial charge in [0.2, 0.25) is 0 Å². The standard InChI is InChI=1S/C20H20N2OS2/c23-20(17-8-2-1-3-9-17)22(16-18-10-6-14-24-18)13-7-15-25-19-11-4-5-12-21-19/h1-6,8-12,14H,7,13,15-16H2. The zero-order valence-electron chi connectivity index (χ0n) is 13.9. The first kappa shape index (κ1) is 17.7. The molecule has 128 valence electrons. The number of thioether (sulfide) groups is 1. The van der Waals surface area contributed by atoms with Gasteiger partial charge in [0, 0.05) is 28.9 Å². The van der Waals surface area contributed by atoms with E-state index >= 15 is 0 Å². The van der Waals surface area contributed by atoms with Crippen molar-refractivity contribution in [3.05, 3.63) is 82.7 Å². The summed E-state index contributed by atoms with van der Waals surface area (Å²) < 4.78 is 0. The van der Waals surface area contributed by atoms with Crippen LogP contribution in [0.15, 0.2) is 77.3 Å². The summed E-state index contributed by atoms with van der Waals surface area (Å²) in [5.74, 6) is 1.04. The molecule has 0 aliphatic heterocycles. The summed E-state index contributed by atoms with van der Waals surface area (Å²) in [7, 11) is 0. The van der Waals surface area contributed by atoms with Gasteiger partial charge in [0.05, 0.1) is 11.6 Å². The Morgan fingerprint density at radius 3 is 2.60 bits per heavy atom. The van der Waals surface area contributed by atoms with Crippen LogP contribution in [0.5, 0.6) is 0 Å². The highest BCUT2D eigenvalue weighted by Crippen LogP contribution is 2.18. The Kier molecular flexibility index (Phi) is 6.65. The Balaban J connectivity index is 1.59. The van der Waals surface area contributed by atoms with Crippen LogP contribution in [0.3, 0.4) is 0 Å². The summed E-state index contributed by atoms with van der Waals surface area (Å²) in [6.45, 7) is 1.41. The number of hydrogen-bond acceptors (Lipinski definition) is 4. The molecule has 1 aromatic carbocycles. The molecule has 0 bridgehead atoms. The van der Waals surface area contributed by atoms with E-state index in [9.17, 15) is 4.79 Å². The molecular weight excluding hydrogens is 348 g/mol. The predicted octanol–water partition coefficient (Wildman–Crippen LogP) is 4.97. The molecule has 1 amide bonds. The fraction of sp³-hybridized carbons (Fsp3) is 0.200. The summed E-state index contributed by atoms with van der Waals surface area (Å²) in [4.78, 5) is 20.3. The topological polar surface area (TPSA) is 33.2 Å². The zero-order chi connectivity index (χ0) is 17.3. The van der Waals surface area contributed by atoms with Crippen LogP contribution in [0.4, 0.5) is 0 Å². The van der Waals surface area contributed by atoms with E-state index in [0.29, 0.717) is 6.54 Å². The molecule has 0 saturated heterocycles. The third-order valence-corrected chi connectivity index (χ3v) is 5.59. The number of benzene rings is 1.